The first-order valence-corrected chi connectivity index (χ1v) is 8.05. The molecule has 0 radical (unpaired) electrons. The highest BCUT2D eigenvalue weighted by Gasteiger charge is 2.24. The Balaban J connectivity index is 1.83. The predicted octanol–water partition coefficient (Wildman–Crippen LogP) is 2.41. The number of piperidine rings is 1. The third-order valence-electron chi connectivity index (χ3n) is 3.98. The SMILES string of the molecule is CC(C)N1CCC(NC(=O)C(=O)Nc2ccc(Cl)c(F)c2)CC1. The molecule has 2 rings (SSSR count). The van der Waals surface area contributed by atoms with Crippen LogP contribution in [-0.4, -0.2) is 41.9 Å². The van der Waals surface area contributed by atoms with Crippen molar-refractivity contribution < 1.29 is 14.0 Å². The van der Waals surface area contributed by atoms with Crippen molar-refractivity contribution in [2.45, 2.75) is 38.8 Å². The quantitative estimate of drug-likeness (QED) is 0.830. The summed E-state index contributed by atoms with van der Waals surface area (Å²) in [5.41, 5.74) is 0.196. The van der Waals surface area contributed by atoms with Gasteiger partial charge in [0.25, 0.3) is 0 Å². The number of amides is 2. The normalized spacial score (nSPS) is 16.4. The Labute approximate surface area is 140 Å². The lowest BCUT2D eigenvalue weighted by molar-refractivity contribution is -0.136. The Morgan fingerprint density at radius 1 is 1.26 bits per heavy atom. The number of halogens is 2. The van der Waals surface area contributed by atoms with E-state index in [1.54, 1.807) is 0 Å². The summed E-state index contributed by atoms with van der Waals surface area (Å²) in [6, 6.07) is 4.32. The predicted molar refractivity (Wildman–Crippen MR) is 87.9 cm³/mol. The molecule has 0 unspecified atom stereocenters. The van der Waals surface area contributed by atoms with Crippen LogP contribution in [0.5, 0.6) is 0 Å². The number of nitrogens with one attached hydrogen (secondary N) is 2. The van der Waals surface area contributed by atoms with Crippen LogP contribution in [0.1, 0.15) is 26.7 Å². The van der Waals surface area contributed by atoms with E-state index in [2.05, 4.69) is 29.4 Å². The summed E-state index contributed by atoms with van der Waals surface area (Å²) in [7, 11) is 0. The topological polar surface area (TPSA) is 61.4 Å². The molecule has 1 saturated heterocycles. The lowest BCUT2D eigenvalue weighted by Gasteiger charge is -2.34. The number of nitrogens with zero attached hydrogens (tertiary/aromatic N) is 1. The Kier molecular flexibility index (Phi) is 5.96. The first kappa shape index (κ1) is 17.7. The van der Waals surface area contributed by atoms with Gasteiger partial charge >= 0.3 is 11.8 Å². The van der Waals surface area contributed by atoms with Crippen LogP contribution in [0.25, 0.3) is 0 Å². The molecule has 2 N–H and O–H groups in total. The number of likely N-dealkylation sites (tertiary alicyclic amines) is 1. The largest absolute Gasteiger partial charge is 0.345 e. The summed E-state index contributed by atoms with van der Waals surface area (Å²) in [6.45, 7) is 6.06. The number of hydrogen-bond acceptors (Lipinski definition) is 3. The molecule has 5 nitrogen and oxygen atoms in total. The summed E-state index contributed by atoms with van der Waals surface area (Å²) >= 11 is 5.57. The van der Waals surface area contributed by atoms with Gasteiger partial charge in [-0.1, -0.05) is 11.6 Å². The van der Waals surface area contributed by atoms with Crippen molar-refractivity contribution >= 4 is 29.1 Å². The number of carbonyl (C=O) groups is 2. The van der Waals surface area contributed by atoms with E-state index in [-0.39, 0.29) is 16.8 Å². The summed E-state index contributed by atoms with van der Waals surface area (Å²) in [6.07, 6.45) is 1.62. The maximum atomic E-state index is 13.3. The highest BCUT2D eigenvalue weighted by molar-refractivity contribution is 6.39. The maximum Gasteiger partial charge on any atom is 0.313 e. The van der Waals surface area contributed by atoms with E-state index in [1.807, 2.05) is 0 Å². The molecule has 2 amide bonds. The van der Waals surface area contributed by atoms with Crippen LogP contribution in [0.2, 0.25) is 5.02 Å². The van der Waals surface area contributed by atoms with E-state index in [0.29, 0.717) is 6.04 Å². The van der Waals surface area contributed by atoms with Crippen molar-refractivity contribution in [3.63, 3.8) is 0 Å². The molecule has 1 aromatic carbocycles. The van der Waals surface area contributed by atoms with Crippen LogP contribution >= 0.6 is 11.6 Å². The summed E-state index contributed by atoms with van der Waals surface area (Å²) in [4.78, 5) is 26.1. The molecule has 126 valence electrons. The average Bonchev–Trinajstić information content (AvgIpc) is 2.51. The fraction of sp³-hybridized carbons (Fsp3) is 0.500. The number of carbonyl (C=O) groups excluding carboxylic acids is 2. The van der Waals surface area contributed by atoms with Gasteiger partial charge in [0.1, 0.15) is 5.82 Å². The first-order chi connectivity index (χ1) is 10.9. The van der Waals surface area contributed by atoms with Crippen LogP contribution in [0.3, 0.4) is 0 Å². The molecule has 0 aromatic heterocycles. The second-order valence-corrected chi connectivity index (χ2v) is 6.37. The van der Waals surface area contributed by atoms with E-state index < -0.39 is 17.6 Å². The minimum Gasteiger partial charge on any atom is -0.345 e. The van der Waals surface area contributed by atoms with Gasteiger partial charge in [0, 0.05) is 30.9 Å². The third kappa shape index (κ3) is 4.91. The zero-order chi connectivity index (χ0) is 17.0. The average molecular weight is 342 g/mol. The first-order valence-electron chi connectivity index (χ1n) is 7.67. The van der Waals surface area contributed by atoms with Crippen LogP contribution < -0.4 is 10.6 Å². The fourth-order valence-electron chi connectivity index (χ4n) is 2.57. The van der Waals surface area contributed by atoms with Gasteiger partial charge in [-0.25, -0.2) is 4.39 Å². The lowest BCUT2D eigenvalue weighted by Crippen LogP contribution is -2.49. The van der Waals surface area contributed by atoms with Crippen LogP contribution in [0.4, 0.5) is 10.1 Å². The second kappa shape index (κ2) is 7.75. The Morgan fingerprint density at radius 2 is 1.91 bits per heavy atom. The molecule has 1 fully saturated rings. The molecule has 1 aliphatic rings. The lowest BCUT2D eigenvalue weighted by atomic mass is 10.0. The van der Waals surface area contributed by atoms with Gasteiger partial charge in [-0.2, -0.15) is 0 Å². The van der Waals surface area contributed by atoms with Crippen molar-refractivity contribution in [1.29, 1.82) is 0 Å². The second-order valence-electron chi connectivity index (χ2n) is 5.96. The van der Waals surface area contributed by atoms with Crippen LogP contribution in [-0.2, 0) is 9.59 Å². The Bertz CT molecular complexity index is 587. The van der Waals surface area contributed by atoms with Gasteiger partial charge in [0.2, 0.25) is 0 Å². The van der Waals surface area contributed by atoms with E-state index in [0.717, 1.165) is 32.0 Å². The van der Waals surface area contributed by atoms with E-state index >= 15 is 0 Å². The van der Waals surface area contributed by atoms with Gasteiger partial charge < -0.3 is 15.5 Å². The van der Waals surface area contributed by atoms with E-state index in [4.69, 9.17) is 11.6 Å². The van der Waals surface area contributed by atoms with Gasteiger partial charge in [0.05, 0.1) is 5.02 Å². The van der Waals surface area contributed by atoms with Crippen molar-refractivity contribution in [3.8, 4) is 0 Å². The fourth-order valence-corrected chi connectivity index (χ4v) is 2.69. The van der Waals surface area contributed by atoms with Gasteiger partial charge in [-0.15, -0.1) is 0 Å². The van der Waals surface area contributed by atoms with Gasteiger partial charge in [0.15, 0.2) is 0 Å². The van der Waals surface area contributed by atoms with Crippen molar-refractivity contribution in [2.24, 2.45) is 0 Å². The van der Waals surface area contributed by atoms with Crippen molar-refractivity contribution in [3.05, 3.63) is 29.0 Å². The molecule has 0 aliphatic carbocycles. The maximum absolute atomic E-state index is 13.3. The molecule has 1 aliphatic heterocycles. The number of benzene rings is 1. The van der Waals surface area contributed by atoms with Crippen LogP contribution in [0, 0.1) is 5.82 Å². The number of rotatable bonds is 3. The summed E-state index contributed by atoms with van der Waals surface area (Å²) in [5.74, 6) is -2.16. The monoisotopic (exact) mass is 341 g/mol. The Hall–Kier alpha value is -1.66. The molecule has 1 aromatic rings. The highest BCUT2D eigenvalue weighted by Crippen LogP contribution is 2.18. The molecular weight excluding hydrogens is 321 g/mol. The van der Waals surface area contributed by atoms with E-state index in [1.165, 1.54) is 12.1 Å². The van der Waals surface area contributed by atoms with Gasteiger partial charge in [-0.05, 0) is 44.9 Å². The molecular formula is C16H21ClFN3O2. The van der Waals surface area contributed by atoms with Crippen molar-refractivity contribution in [2.75, 3.05) is 18.4 Å². The smallest absolute Gasteiger partial charge is 0.313 e. The number of anilines is 1. The zero-order valence-electron chi connectivity index (χ0n) is 13.2. The van der Waals surface area contributed by atoms with Crippen molar-refractivity contribution in [1.82, 2.24) is 10.2 Å². The molecule has 0 atom stereocenters. The Morgan fingerprint density at radius 3 is 2.48 bits per heavy atom. The molecule has 7 heteroatoms. The zero-order valence-corrected chi connectivity index (χ0v) is 14.0. The molecule has 1 heterocycles. The number of hydrogen-bond donors (Lipinski definition) is 2. The highest BCUT2D eigenvalue weighted by atomic mass is 35.5. The summed E-state index contributed by atoms with van der Waals surface area (Å²) in [5, 5.41) is 5.06. The molecule has 0 spiro atoms. The molecule has 0 saturated carbocycles. The standard InChI is InChI=1S/C16H21ClFN3O2/c1-10(2)21-7-5-11(6-8-21)19-15(22)16(23)20-12-3-4-13(17)14(18)9-12/h3-4,9-11H,5-8H2,1-2H3,(H,19,22)(H,20,23). The molecule has 23 heavy (non-hydrogen) atoms. The third-order valence-corrected chi connectivity index (χ3v) is 4.29. The molecule has 0 bridgehead atoms. The van der Waals surface area contributed by atoms with Gasteiger partial charge in [-0.3, -0.25) is 9.59 Å². The summed E-state index contributed by atoms with van der Waals surface area (Å²) < 4.78 is 13.3. The van der Waals surface area contributed by atoms with Crippen LogP contribution in [0.15, 0.2) is 18.2 Å². The van der Waals surface area contributed by atoms with E-state index in [9.17, 15) is 14.0 Å². The minimum atomic E-state index is -0.807. The minimum absolute atomic E-state index is 0.00907.